The molecule has 26 heavy (non-hydrogen) atoms. The van der Waals surface area contributed by atoms with Gasteiger partial charge in [-0.15, -0.1) is 11.3 Å². The molecule has 2 rings (SSSR count). The van der Waals surface area contributed by atoms with Gasteiger partial charge >= 0.3 is 0 Å². The van der Waals surface area contributed by atoms with Crippen LogP contribution >= 0.6 is 11.3 Å². The summed E-state index contributed by atoms with van der Waals surface area (Å²) in [6.07, 6.45) is 1.19. The number of likely N-dealkylation sites (N-methyl/N-ethyl adjacent to an activating group) is 1. The molecule has 1 aromatic carbocycles. The monoisotopic (exact) mass is 375 g/mol. The average molecular weight is 376 g/mol. The molecule has 0 radical (unpaired) electrons. The normalized spacial score (nSPS) is 11.8. The number of aromatic nitrogens is 1. The molecule has 0 aliphatic carbocycles. The number of thiazole rings is 1. The van der Waals surface area contributed by atoms with Crippen molar-refractivity contribution >= 4 is 28.8 Å². The maximum atomic E-state index is 12.1. The zero-order valence-corrected chi connectivity index (χ0v) is 16.4. The minimum absolute atomic E-state index is 0.0530. The summed E-state index contributed by atoms with van der Waals surface area (Å²) >= 11 is 1.48. The third-order valence-electron chi connectivity index (χ3n) is 3.76. The second kappa shape index (κ2) is 10.0. The molecule has 7 heteroatoms. The molecular formula is C19H27N4O2S+. The minimum atomic E-state index is -0.0746. The summed E-state index contributed by atoms with van der Waals surface area (Å²) in [5, 5.41) is 8.50. The SMILES string of the molecule is CCCNC(=O)C[NH+](C)Cc1csc(CC(=O)Nc2ccc(C)cc2)n1. The van der Waals surface area contributed by atoms with Crippen molar-refractivity contribution in [3.05, 3.63) is 45.9 Å². The van der Waals surface area contributed by atoms with E-state index >= 15 is 0 Å². The number of quaternary nitrogens is 1. The first-order valence-electron chi connectivity index (χ1n) is 8.84. The molecule has 0 bridgehead atoms. The second-order valence-electron chi connectivity index (χ2n) is 6.48. The van der Waals surface area contributed by atoms with E-state index in [0.717, 1.165) is 33.3 Å². The van der Waals surface area contributed by atoms with Gasteiger partial charge in [0.15, 0.2) is 6.54 Å². The van der Waals surface area contributed by atoms with Gasteiger partial charge in [0.1, 0.15) is 17.2 Å². The summed E-state index contributed by atoms with van der Waals surface area (Å²) in [5.41, 5.74) is 2.86. The first-order valence-corrected chi connectivity index (χ1v) is 9.72. The number of hydrogen-bond acceptors (Lipinski definition) is 4. The number of nitrogens with zero attached hydrogens (tertiary/aromatic N) is 1. The van der Waals surface area contributed by atoms with Gasteiger partial charge in [-0.2, -0.15) is 0 Å². The van der Waals surface area contributed by atoms with E-state index in [2.05, 4.69) is 15.6 Å². The Morgan fingerprint density at radius 3 is 2.62 bits per heavy atom. The fourth-order valence-electron chi connectivity index (χ4n) is 2.46. The van der Waals surface area contributed by atoms with E-state index < -0.39 is 0 Å². The lowest BCUT2D eigenvalue weighted by Gasteiger charge is -2.12. The zero-order chi connectivity index (χ0) is 18.9. The van der Waals surface area contributed by atoms with Crippen molar-refractivity contribution in [3.63, 3.8) is 0 Å². The predicted molar refractivity (Wildman–Crippen MR) is 104 cm³/mol. The highest BCUT2D eigenvalue weighted by Crippen LogP contribution is 2.12. The largest absolute Gasteiger partial charge is 0.351 e. The average Bonchev–Trinajstić information content (AvgIpc) is 3.01. The number of benzene rings is 1. The van der Waals surface area contributed by atoms with Gasteiger partial charge in [-0.25, -0.2) is 4.98 Å². The van der Waals surface area contributed by atoms with Crippen LogP contribution in [-0.4, -0.2) is 36.9 Å². The van der Waals surface area contributed by atoms with Crippen molar-refractivity contribution in [1.29, 1.82) is 0 Å². The number of nitrogens with one attached hydrogen (secondary N) is 3. The Kier molecular flexibility index (Phi) is 7.74. The molecule has 3 N–H and O–H groups in total. The number of hydrogen-bond donors (Lipinski definition) is 3. The smallest absolute Gasteiger partial charge is 0.275 e. The maximum absolute atomic E-state index is 12.1. The van der Waals surface area contributed by atoms with E-state index in [0.29, 0.717) is 19.6 Å². The highest BCUT2D eigenvalue weighted by atomic mass is 32.1. The third-order valence-corrected chi connectivity index (χ3v) is 4.66. The third kappa shape index (κ3) is 6.93. The summed E-state index contributed by atoms with van der Waals surface area (Å²) in [4.78, 5) is 29.5. The lowest BCUT2D eigenvalue weighted by Crippen LogP contribution is -3.09. The molecule has 140 valence electrons. The van der Waals surface area contributed by atoms with Gasteiger partial charge in [-0.3, -0.25) is 9.59 Å². The summed E-state index contributed by atoms with van der Waals surface area (Å²) in [6.45, 7) is 5.83. The first-order chi connectivity index (χ1) is 12.5. The highest BCUT2D eigenvalue weighted by molar-refractivity contribution is 7.09. The van der Waals surface area contributed by atoms with Crippen LogP contribution in [0.15, 0.2) is 29.6 Å². The lowest BCUT2D eigenvalue weighted by atomic mass is 10.2. The van der Waals surface area contributed by atoms with Crippen LogP contribution in [0, 0.1) is 6.92 Å². The summed E-state index contributed by atoms with van der Waals surface area (Å²) in [6, 6.07) is 7.71. The first kappa shape index (κ1) is 20.1. The van der Waals surface area contributed by atoms with Gasteiger partial charge in [-0.05, 0) is 25.5 Å². The molecule has 0 aliphatic heterocycles. The highest BCUT2D eigenvalue weighted by Gasteiger charge is 2.13. The van der Waals surface area contributed by atoms with E-state index in [9.17, 15) is 9.59 Å². The Balaban J connectivity index is 1.80. The maximum Gasteiger partial charge on any atom is 0.275 e. The fourth-order valence-corrected chi connectivity index (χ4v) is 3.26. The molecule has 0 aliphatic rings. The van der Waals surface area contributed by atoms with E-state index in [1.54, 1.807) is 0 Å². The molecule has 1 unspecified atom stereocenters. The molecule has 2 aromatic rings. The fraction of sp³-hybridized carbons (Fsp3) is 0.421. The van der Waals surface area contributed by atoms with Gasteiger partial charge in [0.25, 0.3) is 5.91 Å². The Labute approximate surface area is 158 Å². The Morgan fingerprint density at radius 2 is 1.92 bits per heavy atom. The van der Waals surface area contributed by atoms with Crippen molar-refractivity contribution in [2.45, 2.75) is 33.2 Å². The number of amides is 2. The molecule has 2 amide bonds. The molecule has 0 spiro atoms. The van der Waals surface area contributed by atoms with Gasteiger partial charge in [0.05, 0.1) is 13.5 Å². The number of carbonyl (C=O) groups excluding carboxylic acids is 2. The standard InChI is InChI=1S/C19H26N4O2S/c1-4-9-20-18(25)12-23(3)11-16-13-26-19(22-16)10-17(24)21-15-7-5-14(2)6-8-15/h5-8,13H,4,9-12H2,1-3H3,(H,20,25)(H,21,24)/p+1. The van der Waals surface area contributed by atoms with Gasteiger partial charge in [-0.1, -0.05) is 24.6 Å². The van der Waals surface area contributed by atoms with Crippen molar-refractivity contribution in [1.82, 2.24) is 10.3 Å². The van der Waals surface area contributed by atoms with E-state index in [1.807, 2.05) is 50.5 Å². The number of aryl methyl sites for hydroxylation is 1. The Morgan fingerprint density at radius 1 is 1.19 bits per heavy atom. The molecule has 1 atom stereocenters. The van der Waals surface area contributed by atoms with Crippen molar-refractivity contribution in [3.8, 4) is 0 Å². The van der Waals surface area contributed by atoms with Crippen molar-refractivity contribution in [2.24, 2.45) is 0 Å². The van der Waals surface area contributed by atoms with Crippen LogP contribution in [0.5, 0.6) is 0 Å². The van der Waals surface area contributed by atoms with Crippen molar-refractivity contribution in [2.75, 3.05) is 25.5 Å². The predicted octanol–water partition coefficient (Wildman–Crippen LogP) is 1.17. The quantitative estimate of drug-likeness (QED) is 0.616. The topological polar surface area (TPSA) is 75.5 Å². The molecular weight excluding hydrogens is 348 g/mol. The zero-order valence-electron chi connectivity index (χ0n) is 15.6. The molecule has 0 saturated carbocycles. The minimum Gasteiger partial charge on any atom is -0.351 e. The van der Waals surface area contributed by atoms with E-state index in [-0.39, 0.29) is 18.2 Å². The molecule has 0 fully saturated rings. The number of rotatable bonds is 9. The van der Waals surface area contributed by atoms with Crippen LogP contribution < -0.4 is 15.5 Å². The second-order valence-corrected chi connectivity index (χ2v) is 7.43. The van der Waals surface area contributed by atoms with Gasteiger partial charge in [0, 0.05) is 17.6 Å². The van der Waals surface area contributed by atoms with E-state index in [1.165, 1.54) is 11.3 Å². The van der Waals surface area contributed by atoms with Gasteiger partial charge in [0.2, 0.25) is 5.91 Å². The van der Waals surface area contributed by atoms with Crippen LogP contribution in [0.1, 0.15) is 29.6 Å². The van der Waals surface area contributed by atoms with E-state index in [4.69, 9.17) is 0 Å². The van der Waals surface area contributed by atoms with Crippen LogP contribution in [0.3, 0.4) is 0 Å². The molecule has 1 aromatic heterocycles. The van der Waals surface area contributed by atoms with Crippen LogP contribution in [0.4, 0.5) is 5.69 Å². The summed E-state index contributed by atoms with van der Waals surface area (Å²) in [7, 11) is 1.97. The van der Waals surface area contributed by atoms with Crippen molar-refractivity contribution < 1.29 is 14.5 Å². The van der Waals surface area contributed by atoms with Crippen LogP contribution in [0.2, 0.25) is 0 Å². The summed E-state index contributed by atoms with van der Waals surface area (Å²) in [5.74, 6) is -0.0216. The summed E-state index contributed by atoms with van der Waals surface area (Å²) < 4.78 is 0. The molecule has 1 heterocycles. The molecule has 0 saturated heterocycles. The van der Waals surface area contributed by atoms with Crippen LogP contribution in [-0.2, 0) is 22.6 Å². The Bertz CT molecular complexity index is 727. The lowest BCUT2D eigenvalue weighted by molar-refractivity contribution is -0.885. The van der Waals surface area contributed by atoms with Crippen LogP contribution in [0.25, 0.3) is 0 Å². The number of anilines is 1. The Hall–Kier alpha value is -2.25. The molecule has 6 nitrogen and oxygen atoms in total. The van der Waals surface area contributed by atoms with Gasteiger partial charge < -0.3 is 15.5 Å². The number of carbonyl (C=O) groups is 2.